The number of nitrogens with zero attached hydrogens (tertiary/aromatic N) is 2. The summed E-state index contributed by atoms with van der Waals surface area (Å²) < 4.78 is 5.05. The summed E-state index contributed by atoms with van der Waals surface area (Å²) >= 11 is 5.81. The summed E-state index contributed by atoms with van der Waals surface area (Å²) in [6, 6.07) is 7.27. The van der Waals surface area contributed by atoms with E-state index in [0.29, 0.717) is 0 Å². The first kappa shape index (κ1) is 13.3. The lowest BCUT2D eigenvalue weighted by molar-refractivity contribution is -0.115. The number of halogens is 1. The molecule has 0 saturated heterocycles. The van der Waals surface area contributed by atoms with Gasteiger partial charge in [-0.1, -0.05) is 23.7 Å². The van der Waals surface area contributed by atoms with Crippen molar-refractivity contribution in [1.29, 1.82) is 0 Å². The fourth-order valence-corrected chi connectivity index (χ4v) is 1.66. The van der Waals surface area contributed by atoms with Crippen LogP contribution in [0.1, 0.15) is 5.56 Å². The van der Waals surface area contributed by atoms with Crippen molar-refractivity contribution in [2.24, 2.45) is 0 Å². The van der Waals surface area contributed by atoms with E-state index in [-0.39, 0.29) is 23.3 Å². The van der Waals surface area contributed by atoms with Crippen LogP contribution in [-0.2, 0) is 11.2 Å². The van der Waals surface area contributed by atoms with E-state index >= 15 is 0 Å². The molecule has 0 aliphatic rings. The van der Waals surface area contributed by atoms with Gasteiger partial charge in [-0.05, 0) is 17.7 Å². The zero-order chi connectivity index (χ0) is 13.7. The van der Waals surface area contributed by atoms with Crippen molar-refractivity contribution in [3.63, 3.8) is 0 Å². The molecule has 0 aliphatic carbocycles. The highest BCUT2D eigenvalue weighted by molar-refractivity contribution is 6.32. The summed E-state index contributed by atoms with van der Waals surface area (Å²) in [6.07, 6.45) is 3.16. The van der Waals surface area contributed by atoms with Gasteiger partial charge in [-0.3, -0.25) is 4.79 Å². The Hall–Kier alpha value is -2.14. The first-order valence-electron chi connectivity index (χ1n) is 5.58. The summed E-state index contributed by atoms with van der Waals surface area (Å²) in [4.78, 5) is 19.6. The normalized spacial score (nSPS) is 10.0. The number of anilines is 1. The van der Waals surface area contributed by atoms with E-state index in [0.717, 1.165) is 11.3 Å². The van der Waals surface area contributed by atoms with Gasteiger partial charge in [0.2, 0.25) is 5.91 Å². The monoisotopic (exact) mass is 277 g/mol. The lowest BCUT2D eigenvalue weighted by Gasteiger charge is -2.06. The van der Waals surface area contributed by atoms with Gasteiger partial charge in [0.25, 0.3) is 0 Å². The maximum absolute atomic E-state index is 11.8. The van der Waals surface area contributed by atoms with Gasteiger partial charge in [0.05, 0.1) is 13.5 Å². The fraction of sp³-hybridized carbons (Fsp3) is 0.154. The summed E-state index contributed by atoms with van der Waals surface area (Å²) in [7, 11) is 1.60. The second-order valence-corrected chi connectivity index (χ2v) is 4.13. The molecule has 0 spiro atoms. The molecule has 98 valence electrons. The molecule has 2 rings (SSSR count). The Morgan fingerprint density at radius 2 is 1.95 bits per heavy atom. The third-order valence-electron chi connectivity index (χ3n) is 2.44. The summed E-state index contributed by atoms with van der Waals surface area (Å²) in [5, 5.41) is 2.78. The highest BCUT2D eigenvalue weighted by Gasteiger charge is 2.08. The van der Waals surface area contributed by atoms with Gasteiger partial charge in [0.1, 0.15) is 5.75 Å². The quantitative estimate of drug-likeness (QED) is 0.931. The van der Waals surface area contributed by atoms with Crippen molar-refractivity contribution in [3.8, 4) is 5.75 Å². The van der Waals surface area contributed by atoms with Crippen LogP contribution in [0.5, 0.6) is 5.75 Å². The Bertz CT molecular complexity index is 572. The summed E-state index contributed by atoms with van der Waals surface area (Å²) in [6.45, 7) is 0. The van der Waals surface area contributed by atoms with Gasteiger partial charge in [0.15, 0.2) is 11.0 Å². The minimum Gasteiger partial charge on any atom is -0.497 e. The van der Waals surface area contributed by atoms with Crippen LogP contribution in [0.3, 0.4) is 0 Å². The first-order valence-corrected chi connectivity index (χ1v) is 5.96. The Morgan fingerprint density at radius 1 is 1.26 bits per heavy atom. The van der Waals surface area contributed by atoms with Gasteiger partial charge < -0.3 is 10.1 Å². The molecule has 1 amide bonds. The van der Waals surface area contributed by atoms with Crippen LogP contribution < -0.4 is 10.1 Å². The van der Waals surface area contributed by atoms with Crippen LogP contribution >= 0.6 is 11.6 Å². The van der Waals surface area contributed by atoms with Crippen molar-refractivity contribution in [3.05, 3.63) is 47.4 Å². The van der Waals surface area contributed by atoms with Crippen molar-refractivity contribution in [1.82, 2.24) is 9.97 Å². The number of benzene rings is 1. The molecule has 0 unspecified atom stereocenters. The van der Waals surface area contributed by atoms with Gasteiger partial charge in [-0.15, -0.1) is 0 Å². The van der Waals surface area contributed by atoms with Crippen molar-refractivity contribution >= 4 is 23.3 Å². The molecule has 0 atom stereocenters. The molecular formula is C13H12ClN3O2. The standard InChI is InChI=1S/C13H12ClN3O2/c1-19-10-4-2-9(3-5-10)8-11(18)17-13-12(14)15-6-7-16-13/h2-7H,8H2,1H3,(H,16,17,18). The van der Waals surface area contributed by atoms with Crippen LogP contribution in [0.15, 0.2) is 36.7 Å². The number of methoxy groups -OCH3 is 1. The number of ether oxygens (including phenoxy) is 1. The molecule has 1 heterocycles. The van der Waals surface area contributed by atoms with Crippen LogP contribution in [0.2, 0.25) is 5.15 Å². The van der Waals surface area contributed by atoms with E-state index in [1.807, 2.05) is 12.1 Å². The van der Waals surface area contributed by atoms with Gasteiger partial charge in [-0.25, -0.2) is 9.97 Å². The number of hydrogen-bond acceptors (Lipinski definition) is 4. The van der Waals surface area contributed by atoms with Gasteiger partial charge in [-0.2, -0.15) is 0 Å². The molecule has 0 aliphatic heterocycles. The molecule has 1 aromatic carbocycles. The molecule has 0 radical (unpaired) electrons. The number of rotatable bonds is 4. The van der Waals surface area contributed by atoms with Gasteiger partial charge >= 0.3 is 0 Å². The van der Waals surface area contributed by atoms with E-state index in [4.69, 9.17) is 16.3 Å². The third-order valence-corrected chi connectivity index (χ3v) is 2.71. The number of hydrogen-bond donors (Lipinski definition) is 1. The average Bonchev–Trinajstić information content (AvgIpc) is 2.42. The van der Waals surface area contributed by atoms with Crippen molar-refractivity contribution < 1.29 is 9.53 Å². The minimum atomic E-state index is -0.201. The van der Waals surface area contributed by atoms with E-state index in [1.165, 1.54) is 12.4 Å². The van der Waals surface area contributed by atoms with Crippen LogP contribution in [0, 0.1) is 0 Å². The second-order valence-electron chi connectivity index (χ2n) is 3.77. The molecule has 1 N–H and O–H groups in total. The highest BCUT2D eigenvalue weighted by Crippen LogP contribution is 2.15. The number of carbonyl (C=O) groups excluding carboxylic acids is 1. The molecule has 5 nitrogen and oxygen atoms in total. The topological polar surface area (TPSA) is 64.1 Å². The van der Waals surface area contributed by atoms with E-state index in [9.17, 15) is 4.79 Å². The SMILES string of the molecule is COc1ccc(CC(=O)Nc2nccnc2Cl)cc1. The molecule has 0 saturated carbocycles. The van der Waals surface area contributed by atoms with Crippen LogP contribution in [-0.4, -0.2) is 23.0 Å². The molecular weight excluding hydrogens is 266 g/mol. The van der Waals surface area contributed by atoms with Crippen molar-refractivity contribution in [2.75, 3.05) is 12.4 Å². The van der Waals surface area contributed by atoms with Crippen molar-refractivity contribution in [2.45, 2.75) is 6.42 Å². The molecule has 0 bridgehead atoms. The smallest absolute Gasteiger partial charge is 0.230 e. The summed E-state index contributed by atoms with van der Waals surface area (Å²) in [5.74, 6) is 0.816. The first-order chi connectivity index (χ1) is 9.19. The Kier molecular flexibility index (Phi) is 4.30. The Balaban J connectivity index is 1.99. The number of amides is 1. The minimum absolute atomic E-state index is 0.172. The Labute approximate surface area is 115 Å². The molecule has 19 heavy (non-hydrogen) atoms. The Morgan fingerprint density at radius 3 is 2.58 bits per heavy atom. The number of carbonyl (C=O) groups is 1. The lowest BCUT2D eigenvalue weighted by atomic mass is 10.1. The maximum Gasteiger partial charge on any atom is 0.230 e. The third kappa shape index (κ3) is 3.66. The van der Waals surface area contributed by atoms with E-state index < -0.39 is 0 Å². The largest absolute Gasteiger partial charge is 0.497 e. The molecule has 2 aromatic rings. The second kappa shape index (κ2) is 6.15. The maximum atomic E-state index is 11.8. The zero-order valence-corrected chi connectivity index (χ0v) is 11.0. The van der Waals surface area contributed by atoms with E-state index in [2.05, 4.69) is 15.3 Å². The lowest BCUT2D eigenvalue weighted by Crippen LogP contribution is -2.15. The number of nitrogens with one attached hydrogen (secondary N) is 1. The van der Waals surface area contributed by atoms with Crippen LogP contribution in [0.25, 0.3) is 0 Å². The fourth-order valence-electron chi connectivity index (χ4n) is 1.51. The highest BCUT2D eigenvalue weighted by atomic mass is 35.5. The van der Waals surface area contributed by atoms with Crippen LogP contribution in [0.4, 0.5) is 5.82 Å². The van der Waals surface area contributed by atoms with Gasteiger partial charge in [0, 0.05) is 12.4 Å². The summed E-state index contributed by atoms with van der Waals surface area (Å²) in [5.41, 5.74) is 0.873. The average molecular weight is 278 g/mol. The van der Waals surface area contributed by atoms with E-state index in [1.54, 1.807) is 19.2 Å². The predicted octanol–water partition coefficient (Wildman–Crippen LogP) is 2.32. The molecule has 1 aromatic heterocycles. The number of aromatic nitrogens is 2. The molecule has 6 heteroatoms. The predicted molar refractivity (Wildman–Crippen MR) is 72.4 cm³/mol. The zero-order valence-electron chi connectivity index (χ0n) is 10.3. The molecule has 0 fully saturated rings.